The third kappa shape index (κ3) is 5.63. The molecule has 3 rings (SSSR count). The molecule has 1 N–H and O–H groups in total. The first-order chi connectivity index (χ1) is 15.0. The summed E-state index contributed by atoms with van der Waals surface area (Å²) < 4.78 is 10.6. The zero-order chi connectivity index (χ0) is 22.2. The molecule has 9 heteroatoms. The van der Waals surface area contributed by atoms with Crippen LogP contribution in [0.5, 0.6) is 0 Å². The van der Waals surface area contributed by atoms with Gasteiger partial charge in [-0.05, 0) is 31.2 Å². The first-order valence-corrected chi connectivity index (χ1v) is 9.39. The molecule has 0 aliphatic carbocycles. The maximum Gasteiger partial charge on any atom is 0.338 e. The van der Waals surface area contributed by atoms with Crippen molar-refractivity contribution in [2.75, 3.05) is 6.61 Å². The van der Waals surface area contributed by atoms with Gasteiger partial charge in [0.25, 0.3) is 5.69 Å². The highest BCUT2D eigenvalue weighted by atomic mass is 16.6. The van der Waals surface area contributed by atoms with Gasteiger partial charge < -0.3 is 9.15 Å². The zero-order valence-electron chi connectivity index (χ0n) is 16.6. The van der Waals surface area contributed by atoms with Crippen LogP contribution in [0.1, 0.15) is 28.6 Å². The summed E-state index contributed by atoms with van der Waals surface area (Å²) in [5, 5.41) is 14.8. The second-order valence-electron chi connectivity index (χ2n) is 6.36. The summed E-state index contributed by atoms with van der Waals surface area (Å²) in [5.74, 6) is 0.0725. The number of nitro groups is 1. The van der Waals surface area contributed by atoms with Crippen LogP contribution >= 0.6 is 0 Å². The van der Waals surface area contributed by atoms with Gasteiger partial charge in [-0.3, -0.25) is 14.9 Å². The van der Waals surface area contributed by atoms with Gasteiger partial charge in [-0.2, -0.15) is 5.10 Å². The molecule has 0 bridgehead atoms. The number of furan rings is 1. The van der Waals surface area contributed by atoms with E-state index >= 15 is 0 Å². The summed E-state index contributed by atoms with van der Waals surface area (Å²) in [7, 11) is 0. The molecule has 1 heterocycles. The van der Waals surface area contributed by atoms with Gasteiger partial charge in [-0.15, -0.1) is 0 Å². The van der Waals surface area contributed by atoms with Gasteiger partial charge >= 0.3 is 5.97 Å². The van der Waals surface area contributed by atoms with E-state index in [2.05, 4.69) is 10.5 Å². The first-order valence-electron chi connectivity index (χ1n) is 9.39. The SMILES string of the molecule is CCOC(=O)c1ccc(-c2ccc(/C=N/NC(=O)Cc3ccccc3[N+](=O)[O-])o2)cc1. The van der Waals surface area contributed by atoms with Crippen LogP contribution in [0.25, 0.3) is 11.3 Å². The quantitative estimate of drug-likeness (QED) is 0.256. The van der Waals surface area contributed by atoms with Crippen LogP contribution in [-0.4, -0.2) is 29.6 Å². The van der Waals surface area contributed by atoms with Crippen molar-refractivity contribution < 1.29 is 23.7 Å². The predicted octanol–water partition coefficient (Wildman–Crippen LogP) is 3.72. The standard InChI is InChI=1S/C22H19N3O6/c1-2-30-22(27)16-9-7-15(8-10-16)20-12-11-18(31-20)14-23-24-21(26)13-17-5-3-4-6-19(17)25(28)29/h3-12,14H,2,13H2,1H3,(H,24,26)/b23-14+. The van der Waals surface area contributed by atoms with Gasteiger partial charge in [-0.25, -0.2) is 10.2 Å². The van der Waals surface area contributed by atoms with E-state index in [4.69, 9.17) is 9.15 Å². The number of nitrogens with zero attached hydrogens (tertiary/aromatic N) is 2. The molecule has 0 fully saturated rings. The molecule has 3 aromatic rings. The van der Waals surface area contributed by atoms with Crippen LogP contribution in [0.2, 0.25) is 0 Å². The van der Waals surface area contributed by atoms with Gasteiger partial charge in [0, 0.05) is 17.2 Å². The molecular weight excluding hydrogens is 402 g/mol. The van der Waals surface area contributed by atoms with E-state index in [1.54, 1.807) is 49.4 Å². The van der Waals surface area contributed by atoms with Gasteiger partial charge in [0.2, 0.25) is 5.91 Å². The first kappa shape index (κ1) is 21.4. The number of para-hydroxylation sites is 1. The number of nitro benzene ring substituents is 1. The fraction of sp³-hybridized carbons (Fsp3) is 0.136. The van der Waals surface area contributed by atoms with Crippen molar-refractivity contribution in [2.24, 2.45) is 5.10 Å². The fourth-order valence-electron chi connectivity index (χ4n) is 2.78. The molecule has 1 amide bonds. The van der Waals surface area contributed by atoms with Crippen molar-refractivity contribution >= 4 is 23.8 Å². The molecule has 0 unspecified atom stereocenters. The van der Waals surface area contributed by atoms with Crippen molar-refractivity contribution in [2.45, 2.75) is 13.3 Å². The topological polar surface area (TPSA) is 124 Å². The Morgan fingerprint density at radius 2 is 1.87 bits per heavy atom. The number of carbonyl (C=O) groups excluding carboxylic acids is 2. The highest BCUT2D eigenvalue weighted by Crippen LogP contribution is 2.22. The second-order valence-corrected chi connectivity index (χ2v) is 6.36. The predicted molar refractivity (Wildman–Crippen MR) is 113 cm³/mol. The van der Waals surface area contributed by atoms with Crippen molar-refractivity contribution in [3.63, 3.8) is 0 Å². The summed E-state index contributed by atoms with van der Waals surface area (Å²) in [6, 6.07) is 16.2. The average Bonchev–Trinajstić information content (AvgIpc) is 3.23. The van der Waals surface area contributed by atoms with Crippen LogP contribution in [0.4, 0.5) is 5.69 Å². The Morgan fingerprint density at radius 3 is 2.58 bits per heavy atom. The molecule has 9 nitrogen and oxygen atoms in total. The molecule has 0 aliphatic rings. The maximum atomic E-state index is 12.0. The molecule has 31 heavy (non-hydrogen) atoms. The van der Waals surface area contributed by atoms with E-state index in [0.29, 0.717) is 29.3 Å². The largest absolute Gasteiger partial charge is 0.462 e. The number of hydrazone groups is 1. The Hall–Kier alpha value is -4.27. The molecule has 158 valence electrons. The van der Waals surface area contributed by atoms with Crippen molar-refractivity contribution in [3.05, 3.63) is 87.7 Å². The van der Waals surface area contributed by atoms with Crippen molar-refractivity contribution in [3.8, 4) is 11.3 Å². The summed E-state index contributed by atoms with van der Waals surface area (Å²) in [6.45, 7) is 2.05. The fourth-order valence-corrected chi connectivity index (χ4v) is 2.78. The van der Waals surface area contributed by atoms with E-state index < -0.39 is 16.8 Å². The maximum absolute atomic E-state index is 12.0. The van der Waals surface area contributed by atoms with Crippen LogP contribution in [0.15, 0.2) is 70.2 Å². The summed E-state index contributed by atoms with van der Waals surface area (Å²) in [5.41, 5.74) is 3.70. The number of benzene rings is 2. The molecule has 1 aromatic heterocycles. The molecule has 0 saturated heterocycles. The minimum Gasteiger partial charge on any atom is -0.462 e. The lowest BCUT2D eigenvalue weighted by Gasteiger charge is -2.02. The number of carbonyl (C=O) groups is 2. The van der Waals surface area contributed by atoms with Gasteiger partial charge in [0.05, 0.1) is 29.7 Å². The number of esters is 1. The lowest BCUT2D eigenvalue weighted by molar-refractivity contribution is -0.385. The minimum absolute atomic E-state index is 0.119. The number of hydrogen-bond donors (Lipinski definition) is 1. The van der Waals surface area contributed by atoms with Crippen LogP contribution in [0.3, 0.4) is 0 Å². The average molecular weight is 421 g/mol. The molecule has 0 spiro atoms. The Bertz CT molecular complexity index is 1120. The normalized spacial score (nSPS) is 10.7. The van der Waals surface area contributed by atoms with Crippen LogP contribution < -0.4 is 5.43 Å². The molecule has 0 aliphatic heterocycles. The number of hydrogen-bond acceptors (Lipinski definition) is 7. The zero-order valence-corrected chi connectivity index (χ0v) is 16.6. The molecule has 0 radical (unpaired) electrons. The summed E-state index contributed by atoms with van der Waals surface area (Å²) in [4.78, 5) is 34.2. The highest BCUT2D eigenvalue weighted by Gasteiger charge is 2.15. The number of rotatable bonds is 8. The van der Waals surface area contributed by atoms with E-state index in [-0.39, 0.29) is 12.1 Å². The lowest BCUT2D eigenvalue weighted by atomic mass is 10.1. The third-order valence-corrected chi connectivity index (χ3v) is 4.23. The second kappa shape index (κ2) is 9.97. The third-order valence-electron chi connectivity index (χ3n) is 4.23. The van der Waals surface area contributed by atoms with Crippen molar-refractivity contribution in [1.29, 1.82) is 0 Å². The number of nitrogens with one attached hydrogen (secondary N) is 1. The monoisotopic (exact) mass is 421 g/mol. The van der Waals surface area contributed by atoms with Crippen LogP contribution in [-0.2, 0) is 16.0 Å². The summed E-state index contributed by atoms with van der Waals surface area (Å²) in [6.07, 6.45) is 1.15. The summed E-state index contributed by atoms with van der Waals surface area (Å²) >= 11 is 0. The Morgan fingerprint density at radius 1 is 1.13 bits per heavy atom. The van der Waals surface area contributed by atoms with E-state index in [9.17, 15) is 19.7 Å². The van der Waals surface area contributed by atoms with Gasteiger partial charge in [0.15, 0.2) is 0 Å². The molecule has 2 aromatic carbocycles. The van der Waals surface area contributed by atoms with E-state index in [0.717, 1.165) is 5.56 Å². The van der Waals surface area contributed by atoms with E-state index in [1.165, 1.54) is 24.4 Å². The molecule has 0 atom stereocenters. The minimum atomic E-state index is -0.532. The van der Waals surface area contributed by atoms with E-state index in [1.807, 2.05) is 0 Å². The molecule has 0 saturated carbocycles. The Labute approximate surface area is 177 Å². The highest BCUT2D eigenvalue weighted by molar-refractivity contribution is 5.90. The molecular formula is C22H19N3O6. The smallest absolute Gasteiger partial charge is 0.338 e. The Balaban J connectivity index is 1.59. The van der Waals surface area contributed by atoms with Gasteiger partial charge in [-0.1, -0.05) is 30.3 Å². The Kier molecular flexibility index (Phi) is 6.89. The van der Waals surface area contributed by atoms with Crippen LogP contribution in [0, 0.1) is 10.1 Å². The van der Waals surface area contributed by atoms with Gasteiger partial charge in [0.1, 0.15) is 11.5 Å². The van der Waals surface area contributed by atoms with Crippen molar-refractivity contribution in [1.82, 2.24) is 5.43 Å². The number of ether oxygens (including phenoxy) is 1. The lowest BCUT2D eigenvalue weighted by Crippen LogP contribution is -2.20. The number of amides is 1.